The van der Waals surface area contributed by atoms with Crippen molar-refractivity contribution in [3.63, 3.8) is 0 Å². The Bertz CT molecular complexity index is 1230. The summed E-state index contributed by atoms with van der Waals surface area (Å²) in [5, 5.41) is 1.94. The molecule has 0 amide bonds. The van der Waals surface area contributed by atoms with E-state index in [1.54, 1.807) is 23.7 Å². The minimum Gasteiger partial charge on any atom is -0.364 e. The van der Waals surface area contributed by atoms with Gasteiger partial charge in [-0.3, -0.25) is 9.97 Å². The van der Waals surface area contributed by atoms with Gasteiger partial charge in [-0.25, -0.2) is 0 Å². The van der Waals surface area contributed by atoms with E-state index in [0.717, 1.165) is 38.8 Å². The quantitative estimate of drug-likeness (QED) is 0.294. The van der Waals surface area contributed by atoms with Crippen molar-refractivity contribution in [1.82, 2.24) is 14.9 Å². The number of rotatable bonds is 6. The van der Waals surface area contributed by atoms with E-state index in [-0.39, 0.29) is 0 Å². The number of benzene rings is 2. The SMILES string of the molecule is C=C(c1sc2ccccc2c1Cl)N(Cc1cccc(-c2cnccn2)c1)C1CCCCC1. The summed E-state index contributed by atoms with van der Waals surface area (Å²) in [7, 11) is 0. The van der Waals surface area contributed by atoms with Gasteiger partial charge in [-0.2, -0.15) is 0 Å². The third kappa shape index (κ3) is 4.30. The molecule has 3 nitrogen and oxygen atoms in total. The molecule has 2 aromatic heterocycles. The minimum atomic E-state index is 0.484. The Labute approximate surface area is 198 Å². The molecule has 162 valence electrons. The first-order chi connectivity index (χ1) is 15.7. The molecule has 4 aromatic rings. The summed E-state index contributed by atoms with van der Waals surface area (Å²) in [6, 6.07) is 17.4. The fraction of sp³-hybridized carbons (Fsp3) is 0.259. The Hall–Kier alpha value is -2.69. The number of hydrogen-bond donors (Lipinski definition) is 0. The van der Waals surface area contributed by atoms with Crippen molar-refractivity contribution in [2.75, 3.05) is 0 Å². The molecule has 1 saturated carbocycles. The van der Waals surface area contributed by atoms with Gasteiger partial charge in [0.05, 0.1) is 21.8 Å². The topological polar surface area (TPSA) is 29.0 Å². The zero-order chi connectivity index (χ0) is 21.9. The maximum Gasteiger partial charge on any atom is 0.0885 e. The molecule has 0 N–H and O–H groups in total. The van der Waals surface area contributed by atoms with Gasteiger partial charge >= 0.3 is 0 Å². The Kier molecular flexibility index (Phi) is 6.24. The lowest BCUT2D eigenvalue weighted by Gasteiger charge is -2.37. The highest BCUT2D eigenvalue weighted by atomic mass is 35.5. The molecular weight excluding hydrogens is 434 g/mol. The normalized spacial score (nSPS) is 14.5. The second kappa shape index (κ2) is 9.43. The molecule has 0 spiro atoms. The highest BCUT2D eigenvalue weighted by Crippen LogP contribution is 2.42. The van der Waals surface area contributed by atoms with Crippen molar-refractivity contribution in [2.24, 2.45) is 0 Å². The van der Waals surface area contributed by atoms with Gasteiger partial charge in [0.15, 0.2) is 0 Å². The smallest absolute Gasteiger partial charge is 0.0885 e. The molecule has 2 heterocycles. The lowest BCUT2D eigenvalue weighted by Crippen LogP contribution is -2.34. The third-order valence-corrected chi connectivity index (χ3v) is 8.02. The van der Waals surface area contributed by atoms with Crippen LogP contribution in [0.2, 0.25) is 5.02 Å². The predicted octanol–water partition coefficient (Wildman–Crippen LogP) is 7.82. The zero-order valence-corrected chi connectivity index (χ0v) is 19.6. The standard InChI is InChI=1S/C27H26ClN3S/c1-19(27-26(28)23-12-5-6-13-25(23)32-27)31(22-10-3-2-4-11-22)18-20-8-7-9-21(16-20)24-17-29-14-15-30-24/h5-9,12-17,22H,1-4,10-11,18H2. The molecule has 5 rings (SSSR count). The monoisotopic (exact) mass is 459 g/mol. The molecule has 0 radical (unpaired) electrons. The second-order valence-electron chi connectivity index (χ2n) is 8.40. The van der Waals surface area contributed by atoms with Gasteiger partial charge in [0.25, 0.3) is 0 Å². The lowest BCUT2D eigenvalue weighted by atomic mass is 9.93. The van der Waals surface area contributed by atoms with E-state index in [1.807, 2.05) is 12.3 Å². The zero-order valence-electron chi connectivity index (χ0n) is 18.0. The van der Waals surface area contributed by atoms with Crippen LogP contribution in [0.15, 0.2) is 73.7 Å². The molecule has 0 saturated heterocycles. The molecule has 0 atom stereocenters. The van der Waals surface area contributed by atoms with Gasteiger partial charge in [-0.15, -0.1) is 11.3 Å². The molecule has 1 fully saturated rings. The van der Waals surface area contributed by atoms with Gasteiger partial charge in [-0.05, 0) is 30.5 Å². The van der Waals surface area contributed by atoms with Crippen LogP contribution in [-0.4, -0.2) is 20.9 Å². The maximum atomic E-state index is 6.85. The average molecular weight is 460 g/mol. The van der Waals surface area contributed by atoms with Crippen LogP contribution in [0.4, 0.5) is 0 Å². The molecular formula is C27H26ClN3S. The van der Waals surface area contributed by atoms with Crippen LogP contribution in [0.1, 0.15) is 42.5 Å². The third-order valence-electron chi connectivity index (χ3n) is 6.30. The van der Waals surface area contributed by atoms with E-state index >= 15 is 0 Å². The first-order valence-electron chi connectivity index (χ1n) is 11.2. The Balaban J connectivity index is 1.49. The summed E-state index contributed by atoms with van der Waals surface area (Å²) in [6.45, 7) is 5.37. The lowest BCUT2D eigenvalue weighted by molar-refractivity contribution is 0.225. The van der Waals surface area contributed by atoms with Crippen LogP contribution in [0.25, 0.3) is 27.0 Å². The molecule has 0 unspecified atom stereocenters. The number of aromatic nitrogens is 2. The van der Waals surface area contributed by atoms with E-state index in [9.17, 15) is 0 Å². The van der Waals surface area contributed by atoms with Crippen LogP contribution in [0, 0.1) is 0 Å². The Morgan fingerprint density at radius 1 is 1.06 bits per heavy atom. The number of hydrogen-bond acceptors (Lipinski definition) is 4. The molecule has 2 aromatic carbocycles. The Morgan fingerprint density at radius 3 is 2.69 bits per heavy atom. The largest absolute Gasteiger partial charge is 0.364 e. The number of fused-ring (bicyclic) bond motifs is 1. The van der Waals surface area contributed by atoms with Crippen molar-refractivity contribution < 1.29 is 0 Å². The van der Waals surface area contributed by atoms with E-state index in [1.165, 1.54) is 42.4 Å². The Morgan fingerprint density at radius 2 is 1.91 bits per heavy atom. The average Bonchev–Trinajstić information content (AvgIpc) is 3.20. The maximum absolute atomic E-state index is 6.85. The number of nitrogens with zero attached hydrogens (tertiary/aromatic N) is 3. The van der Waals surface area contributed by atoms with Crippen LogP contribution >= 0.6 is 22.9 Å². The molecule has 0 aliphatic heterocycles. The van der Waals surface area contributed by atoms with Crippen molar-refractivity contribution in [2.45, 2.75) is 44.7 Å². The molecule has 0 bridgehead atoms. The van der Waals surface area contributed by atoms with E-state index in [2.05, 4.69) is 63.9 Å². The van der Waals surface area contributed by atoms with E-state index in [4.69, 9.17) is 11.6 Å². The first-order valence-corrected chi connectivity index (χ1v) is 12.4. The van der Waals surface area contributed by atoms with Crippen molar-refractivity contribution in [3.05, 3.63) is 89.2 Å². The summed E-state index contributed by atoms with van der Waals surface area (Å²) < 4.78 is 1.21. The van der Waals surface area contributed by atoms with E-state index < -0.39 is 0 Å². The summed E-state index contributed by atoms with van der Waals surface area (Å²) in [5.74, 6) is 0. The molecule has 32 heavy (non-hydrogen) atoms. The fourth-order valence-corrected chi connectivity index (χ4v) is 6.17. The van der Waals surface area contributed by atoms with Gasteiger partial charge < -0.3 is 4.90 Å². The summed E-state index contributed by atoms with van der Waals surface area (Å²) in [5.41, 5.74) is 4.26. The van der Waals surface area contributed by atoms with Gasteiger partial charge in [-0.1, -0.05) is 73.8 Å². The fourth-order valence-electron chi connectivity index (χ4n) is 4.64. The molecule has 5 heteroatoms. The number of halogens is 1. The van der Waals surface area contributed by atoms with Crippen molar-refractivity contribution in [1.29, 1.82) is 0 Å². The van der Waals surface area contributed by atoms with Crippen LogP contribution < -0.4 is 0 Å². The highest BCUT2D eigenvalue weighted by Gasteiger charge is 2.26. The van der Waals surface area contributed by atoms with Crippen molar-refractivity contribution >= 4 is 38.7 Å². The predicted molar refractivity (Wildman–Crippen MR) is 136 cm³/mol. The van der Waals surface area contributed by atoms with Crippen LogP contribution in [0.5, 0.6) is 0 Å². The number of thiophene rings is 1. The summed E-state index contributed by atoms with van der Waals surface area (Å²) in [6.07, 6.45) is 11.5. The highest BCUT2D eigenvalue weighted by molar-refractivity contribution is 7.20. The summed E-state index contributed by atoms with van der Waals surface area (Å²) in [4.78, 5) is 12.3. The second-order valence-corrected chi connectivity index (χ2v) is 9.83. The minimum absolute atomic E-state index is 0.484. The first kappa shape index (κ1) is 21.2. The van der Waals surface area contributed by atoms with Crippen LogP contribution in [-0.2, 0) is 6.54 Å². The molecule has 1 aliphatic rings. The van der Waals surface area contributed by atoms with Crippen molar-refractivity contribution in [3.8, 4) is 11.3 Å². The van der Waals surface area contributed by atoms with Gasteiger partial charge in [0.2, 0.25) is 0 Å². The molecule has 1 aliphatic carbocycles. The van der Waals surface area contributed by atoms with Gasteiger partial charge in [0.1, 0.15) is 0 Å². The van der Waals surface area contributed by atoms with Crippen LogP contribution in [0.3, 0.4) is 0 Å². The van der Waals surface area contributed by atoms with E-state index in [0.29, 0.717) is 6.04 Å². The van der Waals surface area contributed by atoms with Gasteiger partial charge in [0, 0.05) is 46.3 Å². The summed E-state index contributed by atoms with van der Waals surface area (Å²) >= 11 is 8.59.